The Kier molecular flexibility index (Phi) is 4.31. The first-order valence-corrected chi connectivity index (χ1v) is 8.12. The summed E-state index contributed by atoms with van der Waals surface area (Å²) in [5, 5.41) is 0. The van der Waals surface area contributed by atoms with E-state index in [0.717, 1.165) is 15.4 Å². The third-order valence-corrected chi connectivity index (χ3v) is 4.05. The first-order chi connectivity index (χ1) is 10.1. The molecular weight excluding hydrogens is 400 g/mol. The molecule has 3 rings (SSSR count). The number of carbonyl (C=O) groups excluding carboxylic acids is 1. The summed E-state index contributed by atoms with van der Waals surface area (Å²) in [6.45, 7) is 1.24. The Morgan fingerprint density at radius 2 is 1.52 bits per heavy atom. The van der Waals surface area contributed by atoms with Gasteiger partial charge in [-0.25, -0.2) is 0 Å². The molecule has 0 bridgehead atoms. The summed E-state index contributed by atoms with van der Waals surface area (Å²) >= 11 is 6.79. The van der Waals surface area contributed by atoms with E-state index in [0.29, 0.717) is 35.8 Å². The van der Waals surface area contributed by atoms with Crippen LogP contribution in [-0.2, 0) is 0 Å². The van der Waals surface area contributed by atoms with Crippen LogP contribution in [0, 0.1) is 0 Å². The van der Waals surface area contributed by atoms with Crippen LogP contribution in [0.3, 0.4) is 0 Å². The molecule has 3 nitrogen and oxygen atoms in total. The second-order valence-electron chi connectivity index (χ2n) is 4.70. The molecule has 0 amide bonds. The van der Waals surface area contributed by atoms with Gasteiger partial charge in [0.05, 0.1) is 13.2 Å². The Hall–Kier alpha value is -1.33. The molecule has 0 saturated heterocycles. The Labute approximate surface area is 139 Å². The summed E-state index contributed by atoms with van der Waals surface area (Å²) < 4.78 is 12.9. The smallest absolute Gasteiger partial charge is 0.193 e. The zero-order chi connectivity index (χ0) is 14.8. The Morgan fingerprint density at radius 1 is 0.857 bits per heavy atom. The maximum Gasteiger partial charge on any atom is 0.193 e. The minimum Gasteiger partial charge on any atom is -0.490 e. The quantitative estimate of drug-likeness (QED) is 0.677. The van der Waals surface area contributed by atoms with Crippen LogP contribution in [0.1, 0.15) is 22.3 Å². The van der Waals surface area contributed by atoms with Crippen LogP contribution in [0.4, 0.5) is 0 Å². The maximum atomic E-state index is 12.6. The van der Waals surface area contributed by atoms with Gasteiger partial charge in [-0.3, -0.25) is 4.79 Å². The van der Waals surface area contributed by atoms with Crippen molar-refractivity contribution < 1.29 is 14.3 Å². The van der Waals surface area contributed by atoms with Crippen LogP contribution >= 0.6 is 31.9 Å². The van der Waals surface area contributed by atoms with Gasteiger partial charge in [0.1, 0.15) is 0 Å². The second kappa shape index (κ2) is 6.20. The third kappa shape index (κ3) is 3.30. The summed E-state index contributed by atoms with van der Waals surface area (Å²) in [6.07, 6.45) is 0.844. The number of ketones is 1. The van der Waals surface area contributed by atoms with Gasteiger partial charge in [0.25, 0.3) is 0 Å². The summed E-state index contributed by atoms with van der Waals surface area (Å²) in [5.74, 6) is 1.28. The SMILES string of the molecule is O=C(c1cc(Br)cc(Br)c1)c1ccc2c(c1)OCCCO2. The minimum absolute atomic E-state index is 0.0485. The third-order valence-electron chi connectivity index (χ3n) is 3.13. The molecule has 1 aliphatic heterocycles. The summed E-state index contributed by atoms with van der Waals surface area (Å²) in [5.41, 5.74) is 1.20. The van der Waals surface area contributed by atoms with Crippen molar-refractivity contribution in [2.24, 2.45) is 0 Å². The van der Waals surface area contributed by atoms with Gasteiger partial charge in [0.15, 0.2) is 17.3 Å². The average Bonchev–Trinajstić information content (AvgIpc) is 2.69. The predicted octanol–water partition coefficient (Wildman–Crippen LogP) is 4.60. The number of benzene rings is 2. The molecule has 0 radical (unpaired) electrons. The van der Waals surface area contributed by atoms with Crippen molar-refractivity contribution in [2.45, 2.75) is 6.42 Å². The first kappa shape index (κ1) is 14.6. The molecular formula is C16H12Br2O3. The van der Waals surface area contributed by atoms with E-state index < -0.39 is 0 Å². The van der Waals surface area contributed by atoms with Crippen molar-refractivity contribution in [2.75, 3.05) is 13.2 Å². The van der Waals surface area contributed by atoms with Gasteiger partial charge < -0.3 is 9.47 Å². The van der Waals surface area contributed by atoms with E-state index in [1.807, 2.05) is 6.07 Å². The molecule has 1 aliphatic rings. The van der Waals surface area contributed by atoms with Gasteiger partial charge >= 0.3 is 0 Å². The normalized spacial score (nSPS) is 13.6. The van der Waals surface area contributed by atoms with Gasteiger partial charge in [-0.05, 0) is 36.4 Å². The van der Waals surface area contributed by atoms with E-state index in [-0.39, 0.29) is 5.78 Å². The summed E-state index contributed by atoms with van der Waals surface area (Å²) in [6, 6.07) is 10.8. The molecule has 0 aromatic heterocycles. The molecule has 0 aliphatic carbocycles. The Morgan fingerprint density at radius 3 is 2.24 bits per heavy atom. The number of ether oxygens (including phenoxy) is 2. The van der Waals surface area contributed by atoms with Crippen molar-refractivity contribution in [1.29, 1.82) is 0 Å². The van der Waals surface area contributed by atoms with Crippen molar-refractivity contribution in [3.63, 3.8) is 0 Å². The summed E-state index contributed by atoms with van der Waals surface area (Å²) in [7, 11) is 0. The molecule has 0 saturated carbocycles. The summed E-state index contributed by atoms with van der Waals surface area (Å²) in [4.78, 5) is 12.6. The number of rotatable bonds is 2. The second-order valence-corrected chi connectivity index (χ2v) is 6.53. The Balaban J connectivity index is 1.96. The molecule has 0 N–H and O–H groups in total. The highest BCUT2D eigenvalue weighted by molar-refractivity contribution is 9.11. The van der Waals surface area contributed by atoms with Gasteiger partial charge in [0.2, 0.25) is 0 Å². The standard InChI is InChI=1S/C16H12Br2O3/c17-12-6-11(7-13(18)9-12)16(19)10-2-3-14-15(8-10)21-5-1-4-20-14/h2-3,6-9H,1,4-5H2. The number of carbonyl (C=O) groups is 1. The highest BCUT2D eigenvalue weighted by atomic mass is 79.9. The molecule has 21 heavy (non-hydrogen) atoms. The van der Waals surface area contributed by atoms with Crippen molar-refractivity contribution >= 4 is 37.6 Å². The van der Waals surface area contributed by atoms with Crippen molar-refractivity contribution in [3.8, 4) is 11.5 Å². The van der Waals surface area contributed by atoms with Crippen molar-refractivity contribution in [3.05, 3.63) is 56.5 Å². The largest absolute Gasteiger partial charge is 0.490 e. The highest BCUT2D eigenvalue weighted by Gasteiger charge is 2.16. The lowest BCUT2D eigenvalue weighted by Crippen LogP contribution is -2.02. The van der Waals surface area contributed by atoms with Crippen LogP contribution in [0.2, 0.25) is 0 Å². The molecule has 0 spiro atoms. The lowest BCUT2D eigenvalue weighted by atomic mass is 10.0. The molecule has 0 unspecified atom stereocenters. The molecule has 1 heterocycles. The predicted molar refractivity (Wildman–Crippen MR) is 87.3 cm³/mol. The van der Waals surface area contributed by atoms with E-state index in [1.165, 1.54) is 0 Å². The Bertz CT molecular complexity index is 678. The minimum atomic E-state index is -0.0485. The fourth-order valence-electron chi connectivity index (χ4n) is 2.16. The number of hydrogen-bond donors (Lipinski definition) is 0. The molecule has 2 aromatic carbocycles. The molecule has 0 fully saturated rings. The van der Waals surface area contributed by atoms with Crippen LogP contribution in [0.15, 0.2) is 45.3 Å². The van der Waals surface area contributed by atoms with Crippen LogP contribution < -0.4 is 9.47 Å². The maximum absolute atomic E-state index is 12.6. The number of fused-ring (bicyclic) bond motifs is 1. The lowest BCUT2D eigenvalue weighted by Gasteiger charge is -2.09. The van der Waals surface area contributed by atoms with E-state index in [2.05, 4.69) is 31.9 Å². The van der Waals surface area contributed by atoms with E-state index in [1.54, 1.807) is 30.3 Å². The first-order valence-electron chi connectivity index (χ1n) is 6.54. The number of hydrogen-bond acceptors (Lipinski definition) is 3. The molecule has 0 atom stereocenters. The van der Waals surface area contributed by atoms with E-state index >= 15 is 0 Å². The number of halogens is 2. The topological polar surface area (TPSA) is 35.5 Å². The molecule has 2 aromatic rings. The van der Waals surface area contributed by atoms with Gasteiger partial charge in [-0.1, -0.05) is 31.9 Å². The fraction of sp³-hybridized carbons (Fsp3) is 0.188. The zero-order valence-electron chi connectivity index (χ0n) is 11.1. The van der Waals surface area contributed by atoms with Gasteiger partial charge in [-0.2, -0.15) is 0 Å². The van der Waals surface area contributed by atoms with E-state index in [9.17, 15) is 4.79 Å². The molecule has 5 heteroatoms. The van der Waals surface area contributed by atoms with Crippen LogP contribution in [-0.4, -0.2) is 19.0 Å². The fourth-order valence-corrected chi connectivity index (χ4v) is 3.45. The van der Waals surface area contributed by atoms with Gasteiger partial charge in [0, 0.05) is 26.5 Å². The monoisotopic (exact) mass is 410 g/mol. The lowest BCUT2D eigenvalue weighted by molar-refractivity contribution is 0.103. The van der Waals surface area contributed by atoms with E-state index in [4.69, 9.17) is 9.47 Å². The van der Waals surface area contributed by atoms with Crippen LogP contribution in [0.25, 0.3) is 0 Å². The van der Waals surface area contributed by atoms with Gasteiger partial charge in [-0.15, -0.1) is 0 Å². The van der Waals surface area contributed by atoms with Crippen LogP contribution in [0.5, 0.6) is 11.5 Å². The highest BCUT2D eigenvalue weighted by Crippen LogP contribution is 2.31. The zero-order valence-corrected chi connectivity index (χ0v) is 14.2. The molecule has 108 valence electrons. The van der Waals surface area contributed by atoms with Crippen molar-refractivity contribution in [1.82, 2.24) is 0 Å². The average molecular weight is 412 g/mol.